The number of amides is 2. The highest BCUT2D eigenvalue weighted by molar-refractivity contribution is 6.30. The van der Waals surface area contributed by atoms with Crippen LogP contribution in [0.25, 0.3) is 0 Å². The van der Waals surface area contributed by atoms with Gasteiger partial charge in [-0.25, -0.2) is 0 Å². The van der Waals surface area contributed by atoms with Crippen LogP contribution in [0.4, 0.5) is 5.69 Å². The molecule has 1 unspecified atom stereocenters. The Bertz CT molecular complexity index is 561. The number of nitrogens with zero attached hydrogens (tertiary/aromatic N) is 1. The molecular weight excluding hydrogens is 318 g/mol. The highest BCUT2D eigenvalue weighted by Crippen LogP contribution is 2.14. The second-order valence-corrected chi connectivity index (χ2v) is 6.17. The van der Waals surface area contributed by atoms with E-state index < -0.39 is 0 Å². The topological polar surface area (TPSA) is 63.1 Å². The lowest BCUT2D eigenvalue weighted by Crippen LogP contribution is -3.15. The average molecular weight is 341 g/mol. The third-order valence-electron chi connectivity index (χ3n) is 4.02. The normalized spacial score (nSPS) is 17.4. The lowest BCUT2D eigenvalue weighted by Gasteiger charge is -2.28. The first kappa shape index (κ1) is 17.7. The van der Waals surface area contributed by atoms with E-state index in [0.717, 1.165) is 4.90 Å². The standard InChI is InChI=1S/C16H22ClN3O3/c1-12(16(22)18-14-5-3-4-13(17)10-14)19(2)11-15(21)20-6-8-23-9-7-20/h3-5,10,12H,6-9,11H2,1-2H3,(H,18,22)/p+1/t12-/m1/s1. The monoisotopic (exact) mass is 340 g/mol. The molecule has 1 aromatic rings. The van der Waals surface area contributed by atoms with Gasteiger partial charge in [0.15, 0.2) is 12.6 Å². The molecule has 1 aromatic carbocycles. The van der Waals surface area contributed by atoms with Crippen molar-refractivity contribution in [2.75, 3.05) is 45.2 Å². The zero-order valence-electron chi connectivity index (χ0n) is 13.5. The number of carbonyl (C=O) groups is 2. The minimum atomic E-state index is -0.348. The Morgan fingerprint density at radius 3 is 2.74 bits per heavy atom. The molecule has 0 spiro atoms. The van der Waals surface area contributed by atoms with Crippen molar-refractivity contribution in [1.82, 2.24) is 4.90 Å². The quantitative estimate of drug-likeness (QED) is 0.795. The maximum atomic E-state index is 12.3. The molecule has 0 saturated carbocycles. The van der Waals surface area contributed by atoms with Gasteiger partial charge in [0.2, 0.25) is 0 Å². The SMILES string of the molecule is C[C@H](C(=O)Nc1cccc(Cl)c1)[NH+](C)CC(=O)N1CCOCC1. The zero-order chi connectivity index (χ0) is 16.8. The van der Waals surface area contributed by atoms with Crippen molar-refractivity contribution >= 4 is 29.1 Å². The molecule has 126 valence electrons. The summed E-state index contributed by atoms with van der Waals surface area (Å²) >= 11 is 5.91. The molecule has 1 aliphatic rings. The van der Waals surface area contributed by atoms with Crippen molar-refractivity contribution in [3.63, 3.8) is 0 Å². The van der Waals surface area contributed by atoms with Crippen LogP contribution in [-0.2, 0) is 14.3 Å². The van der Waals surface area contributed by atoms with Crippen LogP contribution >= 0.6 is 11.6 Å². The summed E-state index contributed by atoms with van der Waals surface area (Å²) in [6.07, 6.45) is 0. The number of hydrogen-bond donors (Lipinski definition) is 2. The molecular formula is C16H23ClN3O3+. The number of hydrogen-bond acceptors (Lipinski definition) is 3. The van der Waals surface area contributed by atoms with E-state index in [1.165, 1.54) is 0 Å². The lowest BCUT2D eigenvalue weighted by atomic mass is 10.2. The molecule has 2 atom stereocenters. The largest absolute Gasteiger partial charge is 0.378 e. The molecule has 2 rings (SSSR count). The van der Waals surface area contributed by atoms with Crippen LogP contribution in [0.3, 0.4) is 0 Å². The van der Waals surface area contributed by atoms with Crippen molar-refractivity contribution < 1.29 is 19.2 Å². The molecule has 6 nitrogen and oxygen atoms in total. The van der Waals surface area contributed by atoms with Crippen LogP contribution in [0.1, 0.15) is 6.92 Å². The summed E-state index contributed by atoms with van der Waals surface area (Å²) < 4.78 is 5.24. The fraction of sp³-hybridized carbons (Fsp3) is 0.500. The second-order valence-electron chi connectivity index (χ2n) is 5.74. The van der Waals surface area contributed by atoms with Crippen LogP contribution in [0.5, 0.6) is 0 Å². The van der Waals surface area contributed by atoms with Gasteiger partial charge in [-0.3, -0.25) is 9.59 Å². The Labute approximate surface area is 141 Å². The zero-order valence-corrected chi connectivity index (χ0v) is 14.2. The molecule has 2 N–H and O–H groups in total. The summed E-state index contributed by atoms with van der Waals surface area (Å²) in [5, 5.41) is 3.40. The van der Waals surface area contributed by atoms with E-state index in [9.17, 15) is 9.59 Å². The van der Waals surface area contributed by atoms with Crippen molar-refractivity contribution in [3.8, 4) is 0 Å². The molecule has 0 aliphatic carbocycles. The molecule has 1 fully saturated rings. The summed E-state index contributed by atoms with van der Waals surface area (Å²) in [5.74, 6) is -0.0900. The fourth-order valence-electron chi connectivity index (χ4n) is 2.36. The summed E-state index contributed by atoms with van der Waals surface area (Å²) in [6.45, 7) is 4.49. The van der Waals surface area contributed by atoms with E-state index in [1.54, 1.807) is 29.2 Å². The van der Waals surface area contributed by atoms with Crippen LogP contribution in [0, 0.1) is 0 Å². The van der Waals surface area contributed by atoms with Crippen LogP contribution in [0.2, 0.25) is 5.02 Å². The number of halogens is 1. The van der Waals surface area contributed by atoms with Gasteiger partial charge in [-0.15, -0.1) is 0 Å². The Kier molecular flexibility index (Phi) is 6.38. The maximum absolute atomic E-state index is 12.3. The van der Waals surface area contributed by atoms with Gasteiger partial charge in [0.05, 0.1) is 20.3 Å². The highest BCUT2D eigenvalue weighted by Gasteiger charge is 2.26. The van der Waals surface area contributed by atoms with Gasteiger partial charge in [-0.05, 0) is 25.1 Å². The minimum Gasteiger partial charge on any atom is -0.378 e. The van der Waals surface area contributed by atoms with Crippen molar-refractivity contribution in [1.29, 1.82) is 0 Å². The van der Waals surface area contributed by atoms with Crippen LogP contribution in [0.15, 0.2) is 24.3 Å². The third-order valence-corrected chi connectivity index (χ3v) is 4.25. The van der Waals surface area contributed by atoms with E-state index in [4.69, 9.17) is 16.3 Å². The lowest BCUT2D eigenvalue weighted by molar-refractivity contribution is -0.886. The number of carbonyl (C=O) groups excluding carboxylic acids is 2. The third kappa shape index (κ3) is 5.20. The highest BCUT2D eigenvalue weighted by atomic mass is 35.5. The number of ether oxygens (including phenoxy) is 1. The molecule has 0 bridgehead atoms. The fourth-order valence-corrected chi connectivity index (χ4v) is 2.55. The summed E-state index contributed by atoms with van der Waals surface area (Å²) in [4.78, 5) is 27.2. The van der Waals surface area contributed by atoms with E-state index in [2.05, 4.69) is 5.32 Å². The van der Waals surface area contributed by atoms with Gasteiger partial charge >= 0.3 is 0 Å². The predicted molar refractivity (Wildman–Crippen MR) is 88.7 cm³/mol. The molecule has 0 aromatic heterocycles. The molecule has 0 radical (unpaired) electrons. The molecule has 7 heteroatoms. The van der Waals surface area contributed by atoms with E-state index >= 15 is 0 Å². The first-order valence-corrected chi connectivity index (χ1v) is 8.09. The number of morpholine rings is 1. The van der Waals surface area contributed by atoms with Crippen molar-refractivity contribution in [3.05, 3.63) is 29.3 Å². The van der Waals surface area contributed by atoms with Gasteiger partial charge < -0.3 is 19.9 Å². The Hall–Kier alpha value is -1.63. The van der Waals surface area contributed by atoms with Gasteiger partial charge in [-0.2, -0.15) is 0 Å². The van der Waals surface area contributed by atoms with Gasteiger partial charge in [-0.1, -0.05) is 17.7 Å². The summed E-state index contributed by atoms with van der Waals surface area (Å²) in [6, 6.07) is 6.66. The van der Waals surface area contributed by atoms with E-state index in [-0.39, 0.29) is 24.4 Å². The summed E-state index contributed by atoms with van der Waals surface area (Å²) in [5.41, 5.74) is 0.654. The number of anilines is 1. The maximum Gasteiger partial charge on any atom is 0.282 e. The second kappa shape index (κ2) is 8.29. The molecule has 2 amide bonds. The predicted octanol–water partition coefficient (Wildman–Crippen LogP) is 0.0405. The Balaban J connectivity index is 1.86. The van der Waals surface area contributed by atoms with Crippen LogP contribution in [-0.4, -0.2) is 62.7 Å². The van der Waals surface area contributed by atoms with Crippen LogP contribution < -0.4 is 10.2 Å². The summed E-state index contributed by atoms with van der Waals surface area (Å²) in [7, 11) is 1.85. The minimum absolute atomic E-state index is 0.0493. The number of nitrogens with one attached hydrogen (secondary N) is 2. The number of likely N-dealkylation sites (N-methyl/N-ethyl adjacent to an activating group) is 1. The van der Waals surface area contributed by atoms with Crippen molar-refractivity contribution in [2.45, 2.75) is 13.0 Å². The van der Waals surface area contributed by atoms with Gasteiger partial charge in [0, 0.05) is 23.8 Å². The van der Waals surface area contributed by atoms with Gasteiger partial charge in [0.25, 0.3) is 11.8 Å². The molecule has 1 saturated heterocycles. The Morgan fingerprint density at radius 2 is 2.09 bits per heavy atom. The number of benzene rings is 1. The first-order chi connectivity index (χ1) is 11.0. The number of rotatable bonds is 5. The molecule has 1 aliphatic heterocycles. The smallest absolute Gasteiger partial charge is 0.282 e. The number of quaternary nitrogens is 1. The molecule has 1 heterocycles. The average Bonchev–Trinajstić information content (AvgIpc) is 2.54. The molecule has 23 heavy (non-hydrogen) atoms. The van der Waals surface area contributed by atoms with Gasteiger partial charge in [0.1, 0.15) is 0 Å². The Morgan fingerprint density at radius 1 is 1.39 bits per heavy atom. The first-order valence-electron chi connectivity index (χ1n) is 7.71. The van der Waals surface area contributed by atoms with Crippen molar-refractivity contribution in [2.24, 2.45) is 0 Å². The van der Waals surface area contributed by atoms with E-state index in [0.29, 0.717) is 37.0 Å². The van der Waals surface area contributed by atoms with E-state index in [1.807, 2.05) is 14.0 Å².